The zero-order valence-corrected chi connectivity index (χ0v) is 11.9. The smallest absolute Gasteiger partial charge is 0.410 e. The predicted molar refractivity (Wildman–Crippen MR) is 69.6 cm³/mol. The van der Waals surface area contributed by atoms with Crippen molar-refractivity contribution in [2.45, 2.75) is 45.4 Å². The van der Waals surface area contributed by atoms with E-state index in [1.165, 1.54) is 4.90 Å². The first kappa shape index (κ1) is 13.9. The summed E-state index contributed by atoms with van der Waals surface area (Å²) in [6.07, 6.45) is 1.27. The molecule has 0 radical (unpaired) electrons. The Morgan fingerprint density at radius 2 is 2.16 bits per heavy atom. The Balaban J connectivity index is 2.00. The minimum absolute atomic E-state index is 0.244. The summed E-state index contributed by atoms with van der Waals surface area (Å²) in [7, 11) is 0. The van der Waals surface area contributed by atoms with Gasteiger partial charge < -0.3 is 14.7 Å². The van der Waals surface area contributed by atoms with E-state index in [0.717, 1.165) is 5.69 Å². The van der Waals surface area contributed by atoms with Gasteiger partial charge in [-0.1, -0.05) is 0 Å². The maximum atomic E-state index is 11.8. The number of likely N-dealkylation sites (tertiary alicyclic amines) is 1. The van der Waals surface area contributed by atoms with E-state index in [1.54, 1.807) is 16.9 Å². The van der Waals surface area contributed by atoms with Crippen LogP contribution in [0.1, 0.15) is 33.4 Å². The summed E-state index contributed by atoms with van der Waals surface area (Å²) < 4.78 is 7.00. The van der Waals surface area contributed by atoms with E-state index in [1.807, 2.05) is 27.7 Å². The number of hydrogen-bond donors (Lipinski definition) is 1. The summed E-state index contributed by atoms with van der Waals surface area (Å²) in [6, 6.07) is 1.79. The zero-order valence-electron chi connectivity index (χ0n) is 11.9. The first-order chi connectivity index (χ1) is 8.75. The number of β-amino-alcohol motifs (C(OH)–C–C–N with tert-alkyl or cyclic N) is 1. The Bertz CT molecular complexity index is 470. The van der Waals surface area contributed by atoms with Crippen LogP contribution in [0.15, 0.2) is 12.3 Å². The third-order valence-corrected chi connectivity index (χ3v) is 3.05. The van der Waals surface area contributed by atoms with Crippen molar-refractivity contribution in [3.63, 3.8) is 0 Å². The molecule has 0 atom stereocenters. The van der Waals surface area contributed by atoms with Gasteiger partial charge in [-0.3, -0.25) is 4.68 Å². The lowest BCUT2D eigenvalue weighted by Crippen LogP contribution is -2.62. The summed E-state index contributed by atoms with van der Waals surface area (Å²) >= 11 is 0. The highest BCUT2D eigenvalue weighted by molar-refractivity contribution is 5.69. The average Bonchev–Trinajstić information content (AvgIpc) is 2.70. The maximum Gasteiger partial charge on any atom is 0.410 e. The molecule has 6 heteroatoms. The number of nitrogens with zero attached hydrogens (tertiary/aromatic N) is 3. The predicted octanol–water partition coefficient (Wildman–Crippen LogP) is 1.34. The quantitative estimate of drug-likeness (QED) is 0.878. The van der Waals surface area contributed by atoms with Crippen molar-refractivity contribution in [1.82, 2.24) is 14.7 Å². The molecule has 0 bridgehead atoms. The Morgan fingerprint density at radius 3 is 2.68 bits per heavy atom. The highest BCUT2D eigenvalue weighted by atomic mass is 16.6. The highest BCUT2D eigenvalue weighted by Crippen LogP contribution is 2.32. The van der Waals surface area contributed by atoms with Crippen molar-refractivity contribution in [1.29, 1.82) is 0 Å². The molecule has 2 heterocycles. The van der Waals surface area contributed by atoms with E-state index in [9.17, 15) is 9.90 Å². The molecule has 1 aromatic heterocycles. The fourth-order valence-electron chi connectivity index (χ4n) is 2.18. The van der Waals surface area contributed by atoms with Crippen LogP contribution in [0.3, 0.4) is 0 Å². The Hall–Kier alpha value is -1.56. The van der Waals surface area contributed by atoms with Crippen LogP contribution in [-0.2, 0) is 16.9 Å². The van der Waals surface area contributed by atoms with Gasteiger partial charge >= 0.3 is 6.09 Å². The topological polar surface area (TPSA) is 67.6 Å². The van der Waals surface area contributed by atoms with Crippen molar-refractivity contribution in [2.24, 2.45) is 0 Å². The lowest BCUT2D eigenvalue weighted by atomic mass is 9.91. The molecule has 0 aliphatic carbocycles. The fraction of sp³-hybridized carbons (Fsp3) is 0.692. The number of carbonyl (C=O) groups is 1. The van der Waals surface area contributed by atoms with Crippen LogP contribution in [0.5, 0.6) is 0 Å². The van der Waals surface area contributed by atoms with Crippen molar-refractivity contribution in [2.75, 3.05) is 13.1 Å². The van der Waals surface area contributed by atoms with Crippen molar-refractivity contribution < 1.29 is 14.6 Å². The molecule has 2 rings (SSSR count). The second-order valence-electron chi connectivity index (χ2n) is 5.90. The van der Waals surface area contributed by atoms with Crippen LogP contribution >= 0.6 is 0 Å². The Labute approximate surface area is 113 Å². The standard InChI is InChI=1S/C13H21N3O3/c1-5-16-10(6-7-14-16)13(18)8-15(9-13)11(17)19-12(2,3)4/h6-7,18H,5,8-9H2,1-4H3. The van der Waals surface area contributed by atoms with Crippen molar-refractivity contribution in [3.8, 4) is 0 Å². The Kier molecular flexibility index (Phi) is 3.30. The number of hydrogen-bond acceptors (Lipinski definition) is 4. The molecule has 1 amide bonds. The second-order valence-corrected chi connectivity index (χ2v) is 5.90. The summed E-state index contributed by atoms with van der Waals surface area (Å²) in [5.41, 5.74) is -0.783. The summed E-state index contributed by atoms with van der Waals surface area (Å²) in [6.45, 7) is 8.61. The molecule has 0 spiro atoms. The molecule has 0 saturated carbocycles. The highest BCUT2D eigenvalue weighted by Gasteiger charge is 2.48. The van der Waals surface area contributed by atoms with E-state index in [0.29, 0.717) is 6.54 Å². The van der Waals surface area contributed by atoms with Crippen LogP contribution in [0, 0.1) is 0 Å². The van der Waals surface area contributed by atoms with Gasteiger partial charge in [0.25, 0.3) is 0 Å². The minimum Gasteiger partial charge on any atom is -0.444 e. The van der Waals surface area contributed by atoms with E-state index in [2.05, 4.69) is 5.10 Å². The fourth-order valence-corrected chi connectivity index (χ4v) is 2.18. The Morgan fingerprint density at radius 1 is 1.53 bits per heavy atom. The van der Waals surface area contributed by atoms with Crippen molar-refractivity contribution in [3.05, 3.63) is 18.0 Å². The van der Waals surface area contributed by atoms with Gasteiger partial charge in [0, 0.05) is 12.7 Å². The van der Waals surface area contributed by atoms with Crippen LogP contribution in [0.2, 0.25) is 0 Å². The van der Waals surface area contributed by atoms with Gasteiger partial charge in [-0.25, -0.2) is 4.79 Å². The maximum absolute atomic E-state index is 11.8. The number of carbonyl (C=O) groups excluding carboxylic acids is 1. The number of aryl methyl sites for hydroxylation is 1. The van der Waals surface area contributed by atoms with Gasteiger partial charge in [0.15, 0.2) is 0 Å². The molecule has 6 nitrogen and oxygen atoms in total. The second kappa shape index (κ2) is 4.52. The van der Waals surface area contributed by atoms with Gasteiger partial charge in [0.2, 0.25) is 0 Å². The first-order valence-corrected chi connectivity index (χ1v) is 6.48. The molecular weight excluding hydrogens is 246 g/mol. The van der Waals surface area contributed by atoms with Gasteiger partial charge in [-0.15, -0.1) is 0 Å². The first-order valence-electron chi connectivity index (χ1n) is 6.48. The molecule has 106 valence electrons. The van der Waals surface area contributed by atoms with E-state index >= 15 is 0 Å². The molecule has 1 aliphatic rings. The summed E-state index contributed by atoms with van der Waals surface area (Å²) in [5.74, 6) is 0. The largest absolute Gasteiger partial charge is 0.444 e. The third kappa shape index (κ3) is 2.73. The van der Waals surface area contributed by atoms with E-state index < -0.39 is 11.2 Å². The van der Waals surface area contributed by atoms with Crippen LogP contribution in [-0.4, -0.2) is 44.6 Å². The van der Waals surface area contributed by atoms with Crippen LogP contribution < -0.4 is 0 Å². The molecule has 19 heavy (non-hydrogen) atoms. The molecule has 1 fully saturated rings. The number of ether oxygens (including phenoxy) is 1. The molecule has 0 aromatic carbocycles. The zero-order chi connectivity index (χ0) is 14.3. The molecule has 1 N–H and O–H groups in total. The van der Waals surface area contributed by atoms with Gasteiger partial charge in [0.1, 0.15) is 11.2 Å². The van der Waals surface area contributed by atoms with E-state index in [-0.39, 0.29) is 19.2 Å². The van der Waals surface area contributed by atoms with Crippen LogP contribution in [0.25, 0.3) is 0 Å². The van der Waals surface area contributed by atoms with Gasteiger partial charge in [-0.2, -0.15) is 5.10 Å². The molecular formula is C13H21N3O3. The monoisotopic (exact) mass is 267 g/mol. The number of rotatable bonds is 2. The average molecular weight is 267 g/mol. The summed E-state index contributed by atoms with van der Waals surface area (Å²) in [4.78, 5) is 13.3. The SMILES string of the molecule is CCn1nccc1C1(O)CN(C(=O)OC(C)(C)C)C1. The third-order valence-electron chi connectivity index (χ3n) is 3.05. The number of aliphatic hydroxyl groups is 1. The number of aromatic nitrogens is 2. The van der Waals surface area contributed by atoms with Crippen molar-refractivity contribution >= 4 is 6.09 Å². The normalized spacial score (nSPS) is 18.1. The minimum atomic E-state index is -1.01. The lowest BCUT2D eigenvalue weighted by molar-refractivity contribution is -0.108. The molecule has 1 aliphatic heterocycles. The lowest BCUT2D eigenvalue weighted by Gasteiger charge is -2.46. The molecule has 0 unspecified atom stereocenters. The van der Waals surface area contributed by atoms with Gasteiger partial charge in [-0.05, 0) is 33.8 Å². The van der Waals surface area contributed by atoms with E-state index in [4.69, 9.17) is 4.74 Å². The van der Waals surface area contributed by atoms with Gasteiger partial charge in [0.05, 0.1) is 18.8 Å². The number of amides is 1. The molecule has 1 saturated heterocycles. The van der Waals surface area contributed by atoms with Crippen LogP contribution in [0.4, 0.5) is 4.79 Å². The summed E-state index contributed by atoms with van der Waals surface area (Å²) in [5, 5.41) is 14.6. The molecule has 1 aromatic rings.